The summed E-state index contributed by atoms with van der Waals surface area (Å²) in [5, 5.41) is 0. The van der Waals surface area contributed by atoms with Gasteiger partial charge in [0.15, 0.2) is 0 Å². The Hall–Kier alpha value is -1.42. The summed E-state index contributed by atoms with van der Waals surface area (Å²) in [5.74, 6) is 1.96. The van der Waals surface area contributed by atoms with Crippen molar-refractivity contribution in [3.63, 3.8) is 0 Å². The molecule has 1 aliphatic rings. The molecule has 1 atom stereocenters. The second-order valence-electron chi connectivity index (χ2n) is 3.94. The first-order valence-electron chi connectivity index (χ1n) is 5.43. The zero-order valence-corrected chi connectivity index (χ0v) is 9.44. The molecule has 0 saturated carbocycles. The molecule has 1 fully saturated rings. The Labute approximate surface area is 95.3 Å². The Balaban J connectivity index is 1.91. The van der Waals surface area contributed by atoms with E-state index in [0.717, 1.165) is 25.4 Å². The molecule has 0 aromatic heterocycles. The van der Waals surface area contributed by atoms with Crippen LogP contribution in [0, 0.1) is 5.92 Å². The molecule has 0 amide bonds. The van der Waals surface area contributed by atoms with Gasteiger partial charge in [-0.3, -0.25) is 0 Å². The third kappa shape index (κ3) is 2.58. The maximum absolute atomic E-state index is 5.79. The van der Waals surface area contributed by atoms with E-state index in [2.05, 4.69) is 0 Å². The van der Waals surface area contributed by atoms with Crippen molar-refractivity contribution in [2.24, 2.45) is 5.92 Å². The largest absolute Gasteiger partial charge is 0.495 e. The second-order valence-corrected chi connectivity index (χ2v) is 3.94. The molecule has 4 nitrogen and oxygen atoms in total. The van der Waals surface area contributed by atoms with E-state index >= 15 is 0 Å². The molecule has 1 aromatic rings. The van der Waals surface area contributed by atoms with Gasteiger partial charge in [-0.05, 0) is 18.6 Å². The number of methoxy groups -OCH3 is 1. The third-order valence-corrected chi connectivity index (χ3v) is 2.71. The highest BCUT2D eigenvalue weighted by Crippen LogP contribution is 2.26. The van der Waals surface area contributed by atoms with Gasteiger partial charge < -0.3 is 19.9 Å². The molecule has 1 unspecified atom stereocenters. The molecule has 4 heteroatoms. The monoisotopic (exact) mass is 223 g/mol. The van der Waals surface area contributed by atoms with Crippen LogP contribution in [0.1, 0.15) is 6.42 Å². The first-order chi connectivity index (χ1) is 7.79. The quantitative estimate of drug-likeness (QED) is 0.789. The lowest BCUT2D eigenvalue weighted by atomic mass is 10.1. The number of ether oxygens (including phenoxy) is 3. The van der Waals surface area contributed by atoms with Gasteiger partial charge in [0.05, 0.1) is 26.0 Å². The lowest BCUT2D eigenvalue weighted by Gasteiger charge is -2.11. The number of nitrogen functional groups attached to an aromatic ring is 1. The standard InChI is InChI=1S/C12H17NO3/c1-14-12-3-2-10(6-11(12)13)16-8-9-4-5-15-7-9/h2-3,6,9H,4-5,7-8,13H2,1H3. The molecule has 0 spiro atoms. The Morgan fingerprint density at radius 3 is 3.00 bits per heavy atom. The molecule has 1 saturated heterocycles. The minimum absolute atomic E-state index is 0.503. The number of benzene rings is 1. The Morgan fingerprint density at radius 1 is 1.50 bits per heavy atom. The lowest BCUT2D eigenvalue weighted by Crippen LogP contribution is -2.11. The number of rotatable bonds is 4. The van der Waals surface area contributed by atoms with Crippen LogP contribution in [0.2, 0.25) is 0 Å². The average Bonchev–Trinajstić information content (AvgIpc) is 2.79. The van der Waals surface area contributed by atoms with Crippen molar-refractivity contribution in [1.29, 1.82) is 0 Å². The predicted octanol–water partition coefficient (Wildman–Crippen LogP) is 1.69. The summed E-state index contributed by atoms with van der Waals surface area (Å²) < 4.78 is 16.0. The van der Waals surface area contributed by atoms with Crippen molar-refractivity contribution in [2.45, 2.75) is 6.42 Å². The van der Waals surface area contributed by atoms with Crippen LogP contribution in [0.15, 0.2) is 18.2 Å². The zero-order valence-electron chi connectivity index (χ0n) is 9.44. The van der Waals surface area contributed by atoms with Gasteiger partial charge in [0.1, 0.15) is 11.5 Å². The van der Waals surface area contributed by atoms with Gasteiger partial charge in [-0.2, -0.15) is 0 Å². The highest BCUT2D eigenvalue weighted by Gasteiger charge is 2.16. The van der Waals surface area contributed by atoms with Crippen molar-refractivity contribution in [3.05, 3.63) is 18.2 Å². The summed E-state index contributed by atoms with van der Waals surface area (Å²) in [6, 6.07) is 5.47. The molecule has 2 N–H and O–H groups in total. The minimum atomic E-state index is 0.503. The van der Waals surface area contributed by atoms with Gasteiger partial charge in [0.25, 0.3) is 0 Å². The van der Waals surface area contributed by atoms with Gasteiger partial charge in [-0.1, -0.05) is 0 Å². The summed E-state index contributed by atoms with van der Waals surface area (Å²) in [7, 11) is 1.60. The summed E-state index contributed by atoms with van der Waals surface area (Å²) in [4.78, 5) is 0. The van der Waals surface area contributed by atoms with Crippen molar-refractivity contribution in [1.82, 2.24) is 0 Å². The molecule has 1 aliphatic heterocycles. The van der Waals surface area contributed by atoms with Crippen molar-refractivity contribution in [2.75, 3.05) is 32.7 Å². The maximum atomic E-state index is 5.79. The second kappa shape index (κ2) is 5.07. The Morgan fingerprint density at radius 2 is 2.38 bits per heavy atom. The third-order valence-electron chi connectivity index (χ3n) is 2.71. The van der Waals surface area contributed by atoms with Crippen LogP contribution in [0.4, 0.5) is 5.69 Å². The molecule has 88 valence electrons. The minimum Gasteiger partial charge on any atom is -0.495 e. The first kappa shape index (κ1) is 11.1. The van der Waals surface area contributed by atoms with E-state index in [0.29, 0.717) is 24.0 Å². The summed E-state index contributed by atoms with van der Waals surface area (Å²) in [6.07, 6.45) is 1.08. The van der Waals surface area contributed by atoms with Crippen LogP contribution in [0.5, 0.6) is 11.5 Å². The highest BCUT2D eigenvalue weighted by molar-refractivity contribution is 5.56. The number of hydrogen-bond acceptors (Lipinski definition) is 4. The van der Waals surface area contributed by atoms with E-state index < -0.39 is 0 Å². The molecule has 0 bridgehead atoms. The van der Waals surface area contributed by atoms with Gasteiger partial charge in [0, 0.05) is 18.6 Å². The van der Waals surface area contributed by atoms with E-state index in [1.807, 2.05) is 12.1 Å². The predicted molar refractivity (Wildman–Crippen MR) is 61.8 cm³/mol. The van der Waals surface area contributed by atoms with Crippen molar-refractivity contribution < 1.29 is 14.2 Å². The van der Waals surface area contributed by atoms with Crippen LogP contribution in [0.3, 0.4) is 0 Å². The summed E-state index contributed by atoms with van der Waals surface area (Å²) in [5.41, 5.74) is 6.39. The lowest BCUT2D eigenvalue weighted by molar-refractivity contribution is 0.167. The summed E-state index contributed by atoms with van der Waals surface area (Å²) in [6.45, 7) is 2.33. The molecule has 2 rings (SSSR count). The topological polar surface area (TPSA) is 53.7 Å². The number of anilines is 1. The number of nitrogens with two attached hydrogens (primary N) is 1. The smallest absolute Gasteiger partial charge is 0.142 e. The molecular formula is C12H17NO3. The van der Waals surface area contributed by atoms with Gasteiger partial charge >= 0.3 is 0 Å². The highest BCUT2D eigenvalue weighted by atomic mass is 16.5. The van der Waals surface area contributed by atoms with Crippen LogP contribution < -0.4 is 15.2 Å². The Bertz CT molecular complexity index is 348. The van der Waals surface area contributed by atoms with Gasteiger partial charge in [-0.15, -0.1) is 0 Å². The molecule has 0 aliphatic carbocycles. The zero-order chi connectivity index (χ0) is 11.4. The van der Waals surface area contributed by atoms with Gasteiger partial charge in [0.2, 0.25) is 0 Å². The SMILES string of the molecule is COc1ccc(OCC2CCOC2)cc1N. The molecular weight excluding hydrogens is 206 g/mol. The molecule has 0 radical (unpaired) electrons. The average molecular weight is 223 g/mol. The molecule has 16 heavy (non-hydrogen) atoms. The number of hydrogen-bond donors (Lipinski definition) is 1. The van der Waals surface area contributed by atoms with E-state index in [1.54, 1.807) is 13.2 Å². The van der Waals surface area contributed by atoms with Crippen LogP contribution in [-0.2, 0) is 4.74 Å². The van der Waals surface area contributed by atoms with E-state index in [9.17, 15) is 0 Å². The summed E-state index contributed by atoms with van der Waals surface area (Å²) >= 11 is 0. The van der Waals surface area contributed by atoms with Gasteiger partial charge in [-0.25, -0.2) is 0 Å². The van der Waals surface area contributed by atoms with Crippen molar-refractivity contribution >= 4 is 5.69 Å². The maximum Gasteiger partial charge on any atom is 0.142 e. The molecule has 1 aromatic carbocycles. The van der Waals surface area contributed by atoms with Crippen LogP contribution in [0.25, 0.3) is 0 Å². The Kier molecular flexibility index (Phi) is 3.51. The van der Waals surface area contributed by atoms with Crippen LogP contribution in [-0.4, -0.2) is 26.9 Å². The fourth-order valence-electron chi connectivity index (χ4n) is 1.73. The van der Waals surface area contributed by atoms with Crippen LogP contribution >= 0.6 is 0 Å². The van der Waals surface area contributed by atoms with Crippen molar-refractivity contribution in [3.8, 4) is 11.5 Å². The van der Waals surface area contributed by atoms with E-state index in [4.69, 9.17) is 19.9 Å². The molecule has 1 heterocycles. The first-order valence-corrected chi connectivity index (χ1v) is 5.43. The fraction of sp³-hybridized carbons (Fsp3) is 0.500. The van der Waals surface area contributed by atoms with E-state index in [1.165, 1.54) is 0 Å². The fourth-order valence-corrected chi connectivity index (χ4v) is 1.73. The normalized spacial score (nSPS) is 19.7. The van der Waals surface area contributed by atoms with E-state index in [-0.39, 0.29) is 0 Å².